The molecule has 0 aromatic rings. The number of nitrogens with one attached hydrogen (secondary N) is 1. The fourth-order valence-electron chi connectivity index (χ4n) is 1.39. The first-order chi connectivity index (χ1) is 6.93. The molecule has 1 amide bonds. The topological polar surface area (TPSA) is 32.3 Å². The highest BCUT2D eigenvalue weighted by atomic mass is 33.1. The molecule has 1 aliphatic rings. The summed E-state index contributed by atoms with van der Waals surface area (Å²) in [4.78, 5) is 13.6. The van der Waals surface area contributed by atoms with E-state index in [-0.39, 0.29) is 0 Å². The summed E-state index contributed by atoms with van der Waals surface area (Å²) in [6.07, 6.45) is 8.52. The maximum atomic E-state index is 10.6. The predicted octanol–water partition coefficient (Wildman–Crippen LogP) is 2.60. The first kappa shape index (κ1) is 12.2. The Morgan fingerprint density at radius 2 is 1.79 bits per heavy atom. The third kappa shape index (κ3) is 5.78. The lowest BCUT2D eigenvalue weighted by atomic mass is 10.1. The first-order valence-electron chi connectivity index (χ1n) is 5.19. The highest BCUT2D eigenvalue weighted by Crippen LogP contribution is 2.20. The summed E-state index contributed by atoms with van der Waals surface area (Å²) in [7, 11) is 3.35. The van der Waals surface area contributed by atoms with E-state index in [9.17, 15) is 4.79 Å². The van der Waals surface area contributed by atoms with E-state index in [0.29, 0.717) is 0 Å². The Labute approximate surface area is 93.9 Å². The molecule has 0 aromatic heterocycles. The Hall–Kier alpha value is 0.130. The molecular weight excluding hydrogens is 216 g/mol. The van der Waals surface area contributed by atoms with Crippen LogP contribution in [0.15, 0.2) is 0 Å². The van der Waals surface area contributed by atoms with Crippen LogP contribution in [0.4, 0.5) is 0 Å². The number of hydrogen-bond acceptors (Lipinski definition) is 4. The van der Waals surface area contributed by atoms with E-state index in [4.69, 9.17) is 0 Å². The van der Waals surface area contributed by atoms with Gasteiger partial charge < -0.3 is 0 Å². The SMILES string of the molecule is O=CN1CCCCCCCCSSN1. The fourth-order valence-corrected chi connectivity index (χ4v) is 3.12. The van der Waals surface area contributed by atoms with Crippen molar-refractivity contribution in [3.8, 4) is 0 Å². The summed E-state index contributed by atoms with van der Waals surface area (Å²) in [5.41, 5.74) is 0. The summed E-state index contributed by atoms with van der Waals surface area (Å²) in [6.45, 7) is 0.830. The second-order valence-electron chi connectivity index (χ2n) is 3.42. The van der Waals surface area contributed by atoms with Gasteiger partial charge in [-0.3, -0.25) is 9.80 Å². The Morgan fingerprint density at radius 3 is 2.57 bits per heavy atom. The summed E-state index contributed by atoms with van der Waals surface area (Å²) in [6, 6.07) is 0. The normalized spacial score (nSPS) is 22.1. The predicted molar refractivity (Wildman–Crippen MR) is 63.7 cm³/mol. The van der Waals surface area contributed by atoms with Gasteiger partial charge in [-0.25, -0.2) is 0 Å². The number of carbonyl (C=O) groups excluding carboxylic acids is 1. The zero-order valence-corrected chi connectivity index (χ0v) is 10.0. The van der Waals surface area contributed by atoms with E-state index in [1.54, 1.807) is 26.8 Å². The van der Waals surface area contributed by atoms with Gasteiger partial charge in [0.25, 0.3) is 0 Å². The highest BCUT2D eigenvalue weighted by Gasteiger charge is 2.02. The van der Waals surface area contributed by atoms with Crippen molar-refractivity contribution >= 4 is 28.2 Å². The standard InChI is InChI=1S/C9H18N2OS2/c12-9-11-7-5-3-1-2-4-6-8-13-14-10-11/h9-10H,1-8H2. The number of hydrogen-bond donors (Lipinski definition) is 1. The van der Waals surface area contributed by atoms with Crippen LogP contribution in [0.1, 0.15) is 38.5 Å². The van der Waals surface area contributed by atoms with Crippen molar-refractivity contribution in [1.82, 2.24) is 9.84 Å². The van der Waals surface area contributed by atoms with E-state index >= 15 is 0 Å². The van der Waals surface area contributed by atoms with Gasteiger partial charge in [-0.1, -0.05) is 36.5 Å². The van der Waals surface area contributed by atoms with Crippen molar-refractivity contribution in [1.29, 1.82) is 0 Å². The molecule has 1 aliphatic heterocycles. The average molecular weight is 234 g/mol. The van der Waals surface area contributed by atoms with Crippen LogP contribution in [0.3, 0.4) is 0 Å². The third-order valence-corrected chi connectivity index (χ3v) is 4.18. The molecule has 3 nitrogen and oxygen atoms in total. The van der Waals surface area contributed by atoms with Crippen LogP contribution in [0.25, 0.3) is 0 Å². The van der Waals surface area contributed by atoms with Crippen LogP contribution in [0.5, 0.6) is 0 Å². The molecule has 0 atom stereocenters. The van der Waals surface area contributed by atoms with Gasteiger partial charge in [-0.2, -0.15) is 4.83 Å². The zero-order valence-electron chi connectivity index (χ0n) is 8.41. The molecular formula is C9H18N2OS2. The van der Waals surface area contributed by atoms with E-state index in [1.165, 1.54) is 37.9 Å². The smallest absolute Gasteiger partial charge is 0.224 e. The summed E-state index contributed by atoms with van der Waals surface area (Å²) in [5.74, 6) is 1.17. The van der Waals surface area contributed by atoms with Crippen LogP contribution in [0, 0.1) is 0 Å². The Bertz CT molecular complexity index is 146. The minimum absolute atomic E-state index is 0.830. The molecule has 1 rings (SSSR count). The Balaban J connectivity index is 2.20. The minimum Gasteiger partial charge on any atom is -0.277 e. The van der Waals surface area contributed by atoms with Gasteiger partial charge in [0.05, 0.1) is 0 Å². The molecule has 0 radical (unpaired) electrons. The van der Waals surface area contributed by atoms with Crippen LogP contribution in [0.2, 0.25) is 0 Å². The fraction of sp³-hybridized carbons (Fsp3) is 0.889. The molecule has 1 saturated heterocycles. The van der Waals surface area contributed by atoms with Crippen molar-refractivity contribution in [2.45, 2.75) is 38.5 Å². The van der Waals surface area contributed by atoms with Crippen LogP contribution in [-0.2, 0) is 4.79 Å². The molecule has 0 bridgehead atoms. The van der Waals surface area contributed by atoms with E-state index < -0.39 is 0 Å². The third-order valence-electron chi connectivity index (χ3n) is 2.22. The Morgan fingerprint density at radius 1 is 1.07 bits per heavy atom. The monoisotopic (exact) mass is 234 g/mol. The van der Waals surface area contributed by atoms with Crippen molar-refractivity contribution in [3.63, 3.8) is 0 Å². The molecule has 0 aliphatic carbocycles. The molecule has 0 saturated carbocycles. The van der Waals surface area contributed by atoms with Crippen molar-refractivity contribution < 1.29 is 4.79 Å². The van der Waals surface area contributed by atoms with Crippen LogP contribution in [-0.4, -0.2) is 23.7 Å². The number of nitrogens with zero attached hydrogens (tertiary/aromatic N) is 1. The van der Waals surface area contributed by atoms with E-state index in [1.807, 2.05) is 0 Å². The lowest BCUT2D eigenvalue weighted by Gasteiger charge is -2.17. The number of amides is 1. The number of rotatable bonds is 1. The van der Waals surface area contributed by atoms with Gasteiger partial charge in [0.2, 0.25) is 6.41 Å². The lowest BCUT2D eigenvalue weighted by molar-refractivity contribution is -0.119. The largest absolute Gasteiger partial charge is 0.277 e. The molecule has 1 fully saturated rings. The van der Waals surface area contributed by atoms with Gasteiger partial charge in [0.15, 0.2) is 0 Å². The van der Waals surface area contributed by atoms with E-state index in [0.717, 1.165) is 19.4 Å². The van der Waals surface area contributed by atoms with Gasteiger partial charge in [0, 0.05) is 23.3 Å². The highest BCUT2D eigenvalue weighted by molar-refractivity contribution is 8.75. The van der Waals surface area contributed by atoms with Crippen molar-refractivity contribution in [3.05, 3.63) is 0 Å². The van der Waals surface area contributed by atoms with Crippen LogP contribution < -0.4 is 4.83 Å². The summed E-state index contributed by atoms with van der Waals surface area (Å²) < 4.78 is 0. The molecule has 1 N–H and O–H groups in total. The maximum Gasteiger partial charge on any atom is 0.224 e. The molecule has 82 valence electrons. The minimum atomic E-state index is 0.830. The average Bonchev–Trinajstić information content (AvgIpc) is 2.19. The number of carbonyl (C=O) groups is 1. The molecule has 0 spiro atoms. The summed E-state index contributed by atoms with van der Waals surface area (Å²) >= 11 is 0. The van der Waals surface area contributed by atoms with Gasteiger partial charge in [0.1, 0.15) is 0 Å². The zero-order chi connectivity index (χ0) is 10.1. The van der Waals surface area contributed by atoms with Gasteiger partial charge in [-0.05, 0) is 12.8 Å². The maximum absolute atomic E-state index is 10.6. The summed E-state index contributed by atoms with van der Waals surface area (Å²) in [5, 5.41) is 1.64. The molecule has 14 heavy (non-hydrogen) atoms. The second kappa shape index (κ2) is 8.44. The molecule has 0 unspecified atom stereocenters. The van der Waals surface area contributed by atoms with E-state index in [2.05, 4.69) is 4.83 Å². The van der Waals surface area contributed by atoms with Crippen LogP contribution >= 0.6 is 21.8 Å². The quantitative estimate of drug-likeness (QED) is 0.429. The van der Waals surface area contributed by atoms with Crippen molar-refractivity contribution in [2.75, 3.05) is 12.3 Å². The second-order valence-corrected chi connectivity index (χ2v) is 5.62. The first-order valence-corrected chi connectivity index (χ1v) is 7.51. The molecule has 1 heterocycles. The van der Waals surface area contributed by atoms with Gasteiger partial charge >= 0.3 is 0 Å². The number of hydrazine groups is 1. The Kier molecular flexibility index (Phi) is 7.35. The van der Waals surface area contributed by atoms with Crippen molar-refractivity contribution in [2.24, 2.45) is 0 Å². The van der Waals surface area contributed by atoms with Gasteiger partial charge in [-0.15, -0.1) is 0 Å². The molecule has 0 aromatic carbocycles. The lowest BCUT2D eigenvalue weighted by Crippen LogP contribution is -2.32. The molecule has 5 heteroatoms.